The predicted molar refractivity (Wildman–Crippen MR) is 50.4 cm³/mol. The van der Waals surface area contributed by atoms with Crippen molar-refractivity contribution in [1.29, 1.82) is 0 Å². The van der Waals surface area contributed by atoms with Gasteiger partial charge in [0.15, 0.2) is 0 Å². The third-order valence-corrected chi connectivity index (χ3v) is 5.34. The molecule has 0 aromatic rings. The Kier molecular flexibility index (Phi) is 5.16. The van der Waals surface area contributed by atoms with Gasteiger partial charge in [-0.05, 0) is 0 Å². The van der Waals surface area contributed by atoms with Crippen molar-refractivity contribution in [1.82, 2.24) is 5.32 Å². The fraction of sp³-hybridized carbons (Fsp3) is 0.875. The van der Waals surface area contributed by atoms with Gasteiger partial charge in [-0.15, -0.1) is 0 Å². The van der Waals surface area contributed by atoms with E-state index in [-0.39, 0.29) is 21.9 Å². The van der Waals surface area contributed by atoms with Crippen LogP contribution in [0.2, 0.25) is 3.93 Å². The summed E-state index contributed by atoms with van der Waals surface area (Å²) in [6, 6.07) is 0. The summed E-state index contributed by atoms with van der Waals surface area (Å²) in [7, 11) is 0. The number of aliphatic hydroxyl groups is 1. The van der Waals surface area contributed by atoms with Crippen molar-refractivity contribution < 1.29 is 9.90 Å². The van der Waals surface area contributed by atoms with Crippen LogP contribution < -0.4 is 5.32 Å². The van der Waals surface area contributed by atoms with Crippen molar-refractivity contribution in [2.75, 3.05) is 13.2 Å². The van der Waals surface area contributed by atoms with E-state index in [1.165, 1.54) is 0 Å². The first-order valence-electron chi connectivity index (χ1n) is 4.03. The Morgan fingerprint density at radius 2 is 2.08 bits per heavy atom. The molecule has 0 aromatic heterocycles. The van der Waals surface area contributed by atoms with E-state index >= 15 is 0 Å². The van der Waals surface area contributed by atoms with Crippen LogP contribution in [0.4, 0.5) is 0 Å². The second-order valence-corrected chi connectivity index (χ2v) is 5.76. The van der Waals surface area contributed by atoms with Crippen molar-refractivity contribution in [2.24, 2.45) is 5.41 Å². The van der Waals surface area contributed by atoms with Crippen LogP contribution in [0.3, 0.4) is 0 Å². The number of carbonyl (C=O) groups is 1. The molecule has 0 heterocycles. The fourth-order valence-electron chi connectivity index (χ4n) is 0.682. The average molecular weight is 278 g/mol. The molecule has 0 aliphatic rings. The summed E-state index contributed by atoms with van der Waals surface area (Å²) in [5.74, 6) is 0.0685. The number of hydrogen-bond donors (Lipinski definition) is 2. The quantitative estimate of drug-likeness (QED) is 0.704. The fourth-order valence-corrected chi connectivity index (χ4v) is 1.02. The number of rotatable bonds is 3. The summed E-state index contributed by atoms with van der Waals surface area (Å²) in [6.07, 6.45) is 0. The van der Waals surface area contributed by atoms with Crippen LogP contribution >= 0.6 is 0 Å². The standard InChI is InChI=1S/C8H16NO2.Sn.H/c1-8(2,3)6-7(11)9-4-5-10;;/h6,10H,4-5H2,1-3H3,(H,9,11);;. The number of hydrogen-bond acceptors (Lipinski definition) is 2. The Morgan fingerprint density at radius 3 is 2.42 bits per heavy atom. The molecule has 1 amide bonds. The SMILES string of the molecule is CC(C)(C)[CH]([SnH])C(=O)NCCO. The third kappa shape index (κ3) is 4.30. The normalized spacial score (nSPS) is 14.1. The van der Waals surface area contributed by atoms with Crippen LogP contribution in [0.1, 0.15) is 20.8 Å². The molecule has 0 aliphatic carbocycles. The maximum atomic E-state index is 11.4. The minimum absolute atomic E-state index is 0.0170. The molecule has 0 spiro atoms. The molecule has 70 valence electrons. The molecule has 1 unspecified atom stereocenters. The molecule has 0 aliphatic heterocycles. The van der Waals surface area contributed by atoms with E-state index in [0.717, 1.165) is 22.5 Å². The summed E-state index contributed by atoms with van der Waals surface area (Å²) < 4.78 is 0.106. The number of aliphatic hydroxyl groups excluding tert-OH is 1. The monoisotopic (exact) mass is 279 g/mol. The number of amides is 1. The topological polar surface area (TPSA) is 49.3 Å². The molecular weight excluding hydrogens is 261 g/mol. The first kappa shape index (κ1) is 12.2. The molecule has 0 saturated carbocycles. The molecule has 1 atom stereocenters. The van der Waals surface area contributed by atoms with E-state index in [4.69, 9.17) is 5.11 Å². The van der Waals surface area contributed by atoms with E-state index in [9.17, 15) is 4.79 Å². The number of carbonyl (C=O) groups excluding carboxylic acids is 1. The van der Waals surface area contributed by atoms with Gasteiger partial charge in [-0.1, -0.05) is 0 Å². The molecule has 0 saturated heterocycles. The molecular formula is C8H17NO2Sn. The second kappa shape index (κ2) is 5.07. The average Bonchev–Trinajstić information content (AvgIpc) is 1.97. The van der Waals surface area contributed by atoms with Crippen LogP contribution in [0.25, 0.3) is 0 Å². The number of nitrogens with one attached hydrogen (secondary N) is 1. The van der Waals surface area contributed by atoms with Gasteiger partial charge in [-0.3, -0.25) is 0 Å². The van der Waals surface area contributed by atoms with Gasteiger partial charge in [0.25, 0.3) is 0 Å². The van der Waals surface area contributed by atoms with Gasteiger partial charge in [-0.25, -0.2) is 0 Å². The van der Waals surface area contributed by atoms with Crippen molar-refractivity contribution in [3.8, 4) is 0 Å². The van der Waals surface area contributed by atoms with Gasteiger partial charge in [-0.2, -0.15) is 0 Å². The Morgan fingerprint density at radius 1 is 1.58 bits per heavy atom. The van der Waals surface area contributed by atoms with E-state index in [2.05, 4.69) is 26.1 Å². The minimum atomic E-state index is 0.0170. The van der Waals surface area contributed by atoms with E-state index in [1.54, 1.807) is 0 Å². The Labute approximate surface area is 87.0 Å². The van der Waals surface area contributed by atoms with Gasteiger partial charge in [0.1, 0.15) is 0 Å². The zero-order valence-corrected chi connectivity index (χ0v) is 11.2. The van der Waals surface area contributed by atoms with Gasteiger partial charge in [0.2, 0.25) is 0 Å². The van der Waals surface area contributed by atoms with Crippen molar-refractivity contribution in [3.63, 3.8) is 0 Å². The molecule has 0 rings (SSSR count). The molecule has 2 radical (unpaired) electrons. The van der Waals surface area contributed by atoms with Gasteiger partial charge in [0.05, 0.1) is 0 Å². The molecule has 4 heteroatoms. The molecule has 12 heavy (non-hydrogen) atoms. The van der Waals surface area contributed by atoms with Crippen LogP contribution in [0.5, 0.6) is 0 Å². The van der Waals surface area contributed by atoms with Crippen molar-refractivity contribution >= 4 is 28.4 Å². The Hall–Kier alpha value is 0.229. The summed E-state index contributed by atoms with van der Waals surface area (Å²) in [4.78, 5) is 11.4. The van der Waals surface area contributed by atoms with Crippen LogP contribution in [-0.4, -0.2) is 46.7 Å². The third-order valence-electron chi connectivity index (χ3n) is 1.63. The van der Waals surface area contributed by atoms with Crippen LogP contribution in [0, 0.1) is 5.41 Å². The second-order valence-electron chi connectivity index (χ2n) is 3.86. The maximum absolute atomic E-state index is 11.4. The van der Waals surface area contributed by atoms with Gasteiger partial charge in [0, 0.05) is 0 Å². The summed E-state index contributed by atoms with van der Waals surface area (Å²) in [5.41, 5.74) is 0.0434. The zero-order chi connectivity index (χ0) is 9.78. The van der Waals surface area contributed by atoms with E-state index in [0.29, 0.717) is 6.54 Å². The molecule has 0 fully saturated rings. The molecule has 3 nitrogen and oxygen atoms in total. The summed E-state index contributed by atoms with van der Waals surface area (Å²) >= 11 is 0.922. The Bertz CT molecular complexity index is 154. The first-order valence-corrected chi connectivity index (χ1v) is 5.94. The Balaban J connectivity index is 3.94. The summed E-state index contributed by atoms with van der Waals surface area (Å²) in [5, 5.41) is 11.2. The van der Waals surface area contributed by atoms with Gasteiger partial charge >= 0.3 is 86.9 Å². The molecule has 2 N–H and O–H groups in total. The van der Waals surface area contributed by atoms with E-state index < -0.39 is 0 Å². The van der Waals surface area contributed by atoms with Gasteiger partial charge < -0.3 is 0 Å². The van der Waals surface area contributed by atoms with Crippen molar-refractivity contribution in [3.05, 3.63) is 0 Å². The van der Waals surface area contributed by atoms with Crippen LogP contribution in [-0.2, 0) is 4.79 Å². The first-order chi connectivity index (χ1) is 5.39. The van der Waals surface area contributed by atoms with Crippen LogP contribution in [0.15, 0.2) is 0 Å². The van der Waals surface area contributed by atoms with E-state index in [1.807, 2.05) is 0 Å². The summed E-state index contributed by atoms with van der Waals surface area (Å²) in [6.45, 7) is 6.55. The zero-order valence-electron chi connectivity index (χ0n) is 7.92. The van der Waals surface area contributed by atoms with Crippen molar-refractivity contribution in [2.45, 2.75) is 24.7 Å². The molecule has 0 aromatic carbocycles. The molecule has 0 bridgehead atoms. The predicted octanol–water partition coefficient (Wildman–Crippen LogP) is -0.170.